The summed E-state index contributed by atoms with van der Waals surface area (Å²) in [6, 6.07) is 0. The number of nitrogens with two attached hydrogens (primary N) is 1. The Morgan fingerprint density at radius 3 is 2.48 bits per heavy atom. The fourth-order valence-electron chi connectivity index (χ4n) is 6.49. The van der Waals surface area contributed by atoms with Crippen LogP contribution in [0.3, 0.4) is 0 Å². The summed E-state index contributed by atoms with van der Waals surface area (Å²) in [5.74, 6) is -7.06. The van der Waals surface area contributed by atoms with E-state index in [9.17, 15) is 45.3 Å². The summed E-state index contributed by atoms with van der Waals surface area (Å²) in [6.45, 7) is 3.20. The molecule has 290 valence electrons. The quantitative estimate of drug-likeness (QED) is 0.0195. The number of ether oxygens (including phenoxy) is 4. The lowest BCUT2D eigenvalue weighted by molar-refractivity contribution is -0.843. The van der Waals surface area contributed by atoms with E-state index in [0.29, 0.717) is 29.7 Å². The Kier molecular flexibility index (Phi) is 14.9. The molecule has 0 aromatic rings. The molecule has 18 nitrogen and oxygen atoms in total. The summed E-state index contributed by atoms with van der Waals surface area (Å²) >= 11 is 0. The highest BCUT2D eigenvalue weighted by Gasteiger charge is 2.56. The minimum Gasteiger partial charge on any atom is -0.477 e. The second-order valence-electron chi connectivity index (χ2n) is 13.0. The number of allylic oxidation sites excluding steroid dienone is 1. The molecule has 2 fully saturated rings. The molecule has 12 N–H and O–H groups in total. The number of aliphatic hydroxyl groups excluding tert-OH is 5. The van der Waals surface area contributed by atoms with Crippen LogP contribution in [0.2, 0.25) is 0 Å². The van der Waals surface area contributed by atoms with Crippen LogP contribution < -0.4 is 16.0 Å². The largest absolute Gasteiger partial charge is 0.477 e. The number of carboxylic acid groups (broad SMARTS) is 1. The third kappa shape index (κ3) is 9.84. The van der Waals surface area contributed by atoms with Gasteiger partial charge in [0.15, 0.2) is 18.4 Å². The molecule has 0 amide bonds. The van der Waals surface area contributed by atoms with E-state index in [1.807, 2.05) is 0 Å². The highest BCUT2D eigenvalue weighted by molar-refractivity contribution is 5.94. The number of aliphatic imine (C=N–C) groups is 1. The van der Waals surface area contributed by atoms with Gasteiger partial charge in [-0.3, -0.25) is 4.99 Å². The van der Waals surface area contributed by atoms with Crippen molar-refractivity contribution in [2.24, 2.45) is 22.6 Å². The summed E-state index contributed by atoms with van der Waals surface area (Å²) in [6.07, 6.45) is 2.28. The van der Waals surface area contributed by atoms with Crippen LogP contribution in [0, 0.1) is 11.8 Å². The van der Waals surface area contributed by atoms with Crippen molar-refractivity contribution in [1.29, 1.82) is 0 Å². The Balaban J connectivity index is 1.74. The normalized spacial score (nSPS) is 31.4. The number of nitrogens with one attached hydrogen (secondary N) is 2. The Morgan fingerprint density at radius 2 is 1.85 bits per heavy atom. The maximum atomic E-state index is 13.7. The molecule has 0 aromatic heterocycles. The molecular weight excluding hydrogens is 688 g/mol. The van der Waals surface area contributed by atoms with E-state index in [1.54, 1.807) is 12.2 Å². The molecule has 0 bridgehead atoms. The van der Waals surface area contributed by atoms with E-state index in [2.05, 4.69) is 16.9 Å². The van der Waals surface area contributed by atoms with Gasteiger partial charge in [0, 0.05) is 24.6 Å². The number of aliphatic hydroxyl groups is 7. The zero-order chi connectivity index (χ0) is 38.0. The number of carbonyl (C=O) groups excluding carboxylic acids is 1. The van der Waals surface area contributed by atoms with Gasteiger partial charge >= 0.3 is 11.9 Å². The predicted octanol–water partition coefficient (Wildman–Crippen LogP) is -3.39. The van der Waals surface area contributed by atoms with Gasteiger partial charge in [0.25, 0.3) is 0 Å². The van der Waals surface area contributed by atoms with Crippen LogP contribution in [0.1, 0.15) is 38.5 Å². The first kappa shape index (κ1) is 41.1. The van der Waals surface area contributed by atoms with Crippen molar-refractivity contribution < 1.29 is 74.3 Å². The SMILES string of the molecule is C=CC1C(OC2OC(CO)C(O)C(O)(O)C2O)OC=C(C(=O)OC2CCCCC2)C1C=CC1=C(NC(N)=NCCCO)C(C(=O)O)=C[NH+](CCO)C1. The van der Waals surface area contributed by atoms with Crippen LogP contribution in [0.5, 0.6) is 0 Å². The standard InChI is InChI=1S/C34H50N4O14/c1-2-21-22(10-9-19-15-38(12-14-40)16-23(29(44)45)26(19)37-33(35)36-11-6-13-39)24(30(46)50-20-7-4-3-5-8-20)18-49-31(21)52-32-28(43)34(47,48)27(42)25(17-41)51-32/h2,9-10,16,18,20-22,25,27-28,31-32,39-43,47-48H,1,3-8,11-15,17H2,(H,44,45)(H3,35,36,37)/p+1. The van der Waals surface area contributed by atoms with Gasteiger partial charge < -0.3 is 75.8 Å². The van der Waals surface area contributed by atoms with Crippen LogP contribution in [-0.4, -0.2) is 141 Å². The van der Waals surface area contributed by atoms with E-state index < -0.39 is 67.1 Å². The first-order chi connectivity index (χ1) is 24.9. The minimum atomic E-state index is -3.13. The maximum absolute atomic E-state index is 13.7. The molecule has 1 aliphatic carbocycles. The van der Waals surface area contributed by atoms with Crippen LogP contribution >= 0.6 is 0 Å². The number of hydrogen-bond acceptors (Lipinski definition) is 14. The first-order valence-corrected chi connectivity index (χ1v) is 17.3. The molecule has 0 radical (unpaired) electrons. The molecular formula is C34H51N4O14+. The van der Waals surface area contributed by atoms with Gasteiger partial charge in [-0.05, 0) is 32.1 Å². The van der Waals surface area contributed by atoms with Gasteiger partial charge in [-0.15, -0.1) is 6.58 Å². The van der Waals surface area contributed by atoms with Gasteiger partial charge in [0.1, 0.15) is 43.2 Å². The molecule has 3 heterocycles. The predicted molar refractivity (Wildman–Crippen MR) is 180 cm³/mol. The van der Waals surface area contributed by atoms with Gasteiger partial charge in [-0.25, -0.2) is 9.59 Å². The molecule has 0 spiro atoms. The fraction of sp³-hybridized carbons (Fsp3) is 0.618. The van der Waals surface area contributed by atoms with E-state index >= 15 is 0 Å². The summed E-state index contributed by atoms with van der Waals surface area (Å²) in [5.41, 5.74) is 6.50. The van der Waals surface area contributed by atoms with Crippen molar-refractivity contribution >= 4 is 17.9 Å². The lowest BCUT2D eigenvalue weighted by Crippen LogP contribution is -3.09. The number of esters is 1. The number of carboxylic acids is 1. The highest BCUT2D eigenvalue weighted by atomic mass is 16.8. The number of aliphatic carboxylic acids is 1. The average Bonchev–Trinajstić information content (AvgIpc) is 3.12. The second-order valence-corrected chi connectivity index (χ2v) is 13.0. The average molecular weight is 740 g/mol. The lowest BCUT2D eigenvalue weighted by atomic mass is 9.83. The molecule has 8 unspecified atom stereocenters. The van der Waals surface area contributed by atoms with E-state index in [0.717, 1.165) is 25.5 Å². The zero-order valence-corrected chi connectivity index (χ0v) is 28.7. The van der Waals surface area contributed by atoms with Crippen molar-refractivity contribution in [1.82, 2.24) is 5.32 Å². The van der Waals surface area contributed by atoms with Crippen LogP contribution in [0.15, 0.2) is 64.7 Å². The topological polar surface area (TPSA) is 288 Å². The number of rotatable bonds is 15. The molecule has 4 aliphatic rings. The molecule has 8 atom stereocenters. The highest BCUT2D eigenvalue weighted by Crippen LogP contribution is 2.38. The van der Waals surface area contributed by atoms with Crippen molar-refractivity contribution in [3.05, 3.63) is 59.7 Å². The Bertz CT molecular complexity index is 1420. The third-order valence-corrected chi connectivity index (χ3v) is 9.36. The van der Waals surface area contributed by atoms with E-state index in [-0.39, 0.29) is 61.8 Å². The number of quaternary nitrogens is 1. The van der Waals surface area contributed by atoms with Crippen molar-refractivity contribution in [3.8, 4) is 0 Å². The smallest absolute Gasteiger partial charge is 0.343 e. The molecule has 0 aromatic carbocycles. The Labute approximate surface area is 300 Å². The van der Waals surface area contributed by atoms with Crippen molar-refractivity contribution in [3.63, 3.8) is 0 Å². The molecule has 1 saturated carbocycles. The minimum absolute atomic E-state index is 0.0589. The molecule has 18 heteroatoms. The fourth-order valence-corrected chi connectivity index (χ4v) is 6.49. The summed E-state index contributed by atoms with van der Waals surface area (Å²) in [4.78, 5) is 30.9. The van der Waals surface area contributed by atoms with Crippen molar-refractivity contribution in [2.75, 3.05) is 39.5 Å². The molecule has 4 rings (SSSR count). The van der Waals surface area contributed by atoms with E-state index in [1.165, 1.54) is 12.3 Å². The van der Waals surface area contributed by atoms with Crippen LogP contribution in [-0.2, 0) is 28.5 Å². The number of carbonyl (C=O) groups is 2. The monoisotopic (exact) mass is 739 g/mol. The summed E-state index contributed by atoms with van der Waals surface area (Å²) < 4.78 is 22.9. The van der Waals surface area contributed by atoms with Gasteiger partial charge in [-0.2, -0.15) is 0 Å². The van der Waals surface area contributed by atoms with Gasteiger partial charge in [0.2, 0.25) is 12.1 Å². The lowest BCUT2D eigenvalue weighted by Gasteiger charge is -2.46. The van der Waals surface area contributed by atoms with Crippen LogP contribution in [0.25, 0.3) is 0 Å². The third-order valence-electron chi connectivity index (χ3n) is 9.36. The second kappa shape index (κ2) is 18.9. The van der Waals surface area contributed by atoms with Crippen LogP contribution in [0.4, 0.5) is 0 Å². The molecule has 52 heavy (non-hydrogen) atoms. The summed E-state index contributed by atoms with van der Waals surface area (Å²) in [7, 11) is 0. The molecule has 3 aliphatic heterocycles. The van der Waals surface area contributed by atoms with E-state index in [4.69, 9.17) is 29.8 Å². The number of nitrogens with zero attached hydrogens (tertiary/aromatic N) is 1. The Hall–Kier alpha value is -3.69. The summed E-state index contributed by atoms with van der Waals surface area (Å²) in [5, 5.41) is 83.0. The Morgan fingerprint density at radius 1 is 1.12 bits per heavy atom. The maximum Gasteiger partial charge on any atom is 0.343 e. The number of guanidine groups is 1. The first-order valence-electron chi connectivity index (χ1n) is 17.3. The molecule has 1 saturated heterocycles. The van der Waals surface area contributed by atoms with Gasteiger partial charge in [0.05, 0.1) is 36.7 Å². The number of hydrogen-bond donors (Lipinski definition) is 11. The van der Waals surface area contributed by atoms with Crippen molar-refractivity contribution in [2.45, 2.75) is 81.3 Å². The zero-order valence-electron chi connectivity index (χ0n) is 28.7. The van der Waals surface area contributed by atoms with Gasteiger partial charge in [-0.1, -0.05) is 24.6 Å².